The second kappa shape index (κ2) is 7.07. The lowest BCUT2D eigenvalue weighted by Gasteiger charge is -2.35. The first-order valence-corrected chi connectivity index (χ1v) is 11.1. The van der Waals surface area contributed by atoms with Gasteiger partial charge in [-0.15, -0.1) is 10.6 Å². The van der Waals surface area contributed by atoms with Gasteiger partial charge in [0.15, 0.2) is 11.5 Å². The van der Waals surface area contributed by atoms with Crippen molar-refractivity contribution in [3.63, 3.8) is 0 Å². The Bertz CT molecular complexity index is 999. The standard InChI is InChI=1S/C21H22N2O5S/c24-21(17-2-1-3-20-16(17)6-11-29(20,25)26)23-9-7-22(8-10-23)13-15-4-5-18-19(12-15)28-14-27-18/h1-6,11-12,25-26H,7-10,13-14H2. The number of hydrogen-bond acceptors (Lipinski definition) is 6. The molecule has 152 valence electrons. The molecule has 0 bridgehead atoms. The van der Waals surface area contributed by atoms with Crippen molar-refractivity contribution in [3.8, 4) is 11.5 Å². The maximum absolute atomic E-state index is 13.1. The zero-order valence-corrected chi connectivity index (χ0v) is 16.6. The number of ether oxygens (including phenoxy) is 2. The van der Waals surface area contributed by atoms with Crippen molar-refractivity contribution >= 4 is 22.6 Å². The molecule has 5 rings (SSSR count). The van der Waals surface area contributed by atoms with E-state index in [1.165, 1.54) is 5.41 Å². The second-order valence-corrected chi connectivity index (χ2v) is 9.27. The zero-order chi connectivity index (χ0) is 20.0. The van der Waals surface area contributed by atoms with Crippen molar-refractivity contribution in [2.24, 2.45) is 0 Å². The van der Waals surface area contributed by atoms with Crippen LogP contribution in [0.1, 0.15) is 21.5 Å². The first-order valence-electron chi connectivity index (χ1n) is 9.51. The normalized spacial score (nSPS) is 20.6. The van der Waals surface area contributed by atoms with Crippen LogP contribution in [-0.2, 0) is 6.54 Å². The summed E-state index contributed by atoms with van der Waals surface area (Å²) in [6.45, 7) is 3.89. The number of benzene rings is 2. The van der Waals surface area contributed by atoms with Gasteiger partial charge in [-0.25, -0.2) is 0 Å². The van der Waals surface area contributed by atoms with Crippen molar-refractivity contribution in [2.45, 2.75) is 11.4 Å². The minimum Gasteiger partial charge on any atom is -0.454 e. The number of carbonyl (C=O) groups is 1. The lowest BCUT2D eigenvalue weighted by Crippen LogP contribution is -2.48. The first kappa shape index (κ1) is 18.5. The van der Waals surface area contributed by atoms with E-state index in [0.29, 0.717) is 29.1 Å². The van der Waals surface area contributed by atoms with E-state index in [1.54, 1.807) is 24.3 Å². The summed E-state index contributed by atoms with van der Waals surface area (Å²) in [4.78, 5) is 17.6. The summed E-state index contributed by atoms with van der Waals surface area (Å²) in [7, 11) is -2.92. The maximum Gasteiger partial charge on any atom is 0.254 e. The SMILES string of the molecule is O=C(c1cccc2c1C=CS2(O)O)N1CCN(Cc2ccc3c(c2)OCO3)CC1. The number of fused-ring (bicyclic) bond motifs is 2. The molecule has 1 amide bonds. The van der Waals surface area contributed by atoms with E-state index in [2.05, 4.69) is 4.90 Å². The van der Waals surface area contributed by atoms with Crippen molar-refractivity contribution in [1.82, 2.24) is 9.80 Å². The molecule has 7 nitrogen and oxygen atoms in total. The predicted molar refractivity (Wildman–Crippen MR) is 110 cm³/mol. The molecule has 1 saturated heterocycles. The van der Waals surface area contributed by atoms with Crippen LogP contribution in [0.5, 0.6) is 11.5 Å². The smallest absolute Gasteiger partial charge is 0.254 e. The molecule has 3 aliphatic heterocycles. The van der Waals surface area contributed by atoms with Gasteiger partial charge in [-0.05, 0) is 35.9 Å². The van der Waals surface area contributed by atoms with Gasteiger partial charge < -0.3 is 14.4 Å². The molecule has 0 radical (unpaired) electrons. The molecule has 2 aromatic carbocycles. The molecule has 8 heteroatoms. The Hall–Kier alpha value is -2.52. The van der Waals surface area contributed by atoms with E-state index in [4.69, 9.17) is 9.47 Å². The summed E-state index contributed by atoms with van der Waals surface area (Å²) >= 11 is 0. The van der Waals surface area contributed by atoms with Crippen molar-refractivity contribution in [3.05, 3.63) is 58.5 Å². The Morgan fingerprint density at radius 3 is 2.66 bits per heavy atom. The molecular formula is C21H22N2O5S. The van der Waals surface area contributed by atoms with Crippen LogP contribution < -0.4 is 9.47 Å². The van der Waals surface area contributed by atoms with Gasteiger partial charge in [-0.1, -0.05) is 12.1 Å². The number of carbonyl (C=O) groups excluding carboxylic acids is 1. The second-order valence-electron chi connectivity index (χ2n) is 7.37. The third kappa shape index (κ3) is 3.38. The van der Waals surface area contributed by atoms with E-state index >= 15 is 0 Å². The lowest BCUT2D eigenvalue weighted by molar-refractivity contribution is 0.0628. The van der Waals surface area contributed by atoms with E-state index in [1.807, 2.05) is 23.1 Å². The predicted octanol–water partition coefficient (Wildman–Crippen LogP) is 3.47. The molecule has 0 aromatic heterocycles. The Kier molecular flexibility index (Phi) is 4.51. The molecule has 3 aliphatic rings. The molecule has 1 fully saturated rings. The minimum absolute atomic E-state index is 0.0636. The van der Waals surface area contributed by atoms with Crippen LogP contribution in [0.4, 0.5) is 0 Å². The van der Waals surface area contributed by atoms with Gasteiger partial charge in [0.2, 0.25) is 6.79 Å². The molecule has 0 unspecified atom stereocenters. The van der Waals surface area contributed by atoms with Crippen LogP contribution in [0.2, 0.25) is 0 Å². The zero-order valence-electron chi connectivity index (χ0n) is 15.8. The summed E-state index contributed by atoms with van der Waals surface area (Å²) < 4.78 is 31.0. The highest BCUT2D eigenvalue weighted by Gasteiger charge is 2.29. The van der Waals surface area contributed by atoms with Crippen molar-refractivity contribution in [1.29, 1.82) is 0 Å². The van der Waals surface area contributed by atoms with Gasteiger partial charge in [0.25, 0.3) is 5.91 Å². The van der Waals surface area contributed by atoms with E-state index in [9.17, 15) is 13.9 Å². The first-order chi connectivity index (χ1) is 14.0. The Balaban J connectivity index is 1.24. The summed E-state index contributed by atoms with van der Waals surface area (Å²) in [5.74, 6) is 1.50. The van der Waals surface area contributed by atoms with Gasteiger partial charge in [0, 0.05) is 49.3 Å². The number of piperazine rings is 1. The fourth-order valence-electron chi connectivity index (χ4n) is 3.98. The number of nitrogens with zero attached hydrogens (tertiary/aromatic N) is 2. The largest absolute Gasteiger partial charge is 0.454 e. The fraction of sp³-hybridized carbons (Fsp3) is 0.286. The van der Waals surface area contributed by atoms with Crippen molar-refractivity contribution in [2.75, 3.05) is 33.0 Å². The van der Waals surface area contributed by atoms with Crippen LogP contribution in [0.25, 0.3) is 6.08 Å². The highest BCUT2D eigenvalue weighted by Crippen LogP contribution is 2.56. The average molecular weight is 414 g/mol. The highest BCUT2D eigenvalue weighted by molar-refractivity contribution is 8.27. The van der Waals surface area contributed by atoms with Gasteiger partial charge in [-0.3, -0.25) is 18.8 Å². The van der Waals surface area contributed by atoms with Crippen LogP contribution in [0, 0.1) is 0 Å². The topological polar surface area (TPSA) is 82.5 Å². The van der Waals surface area contributed by atoms with E-state index < -0.39 is 10.6 Å². The van der Waals surface area contributed by atoms with Crippen LogP contribution >= 0.6 is 10.6 Å². The monoisotopic (exact) mass is 414 g/mol. The molecule has 0 atom stereocenters. The summed E-state index contributed by atoms with van der Waals surface area (Å²) in [5, 5.41) is 1.39. The third-order valence-corrected chi connectivity index (χ3v) is 7.07. The third-order valence-electron chi connectivity index (χ3n) is 5.55. The minimum atomic E-state index is -2.92. The number of amides is 1. The van der Waals surface area contributed by atoms with Crippen LogP contribution in [0.3, 0.4) is 0 Å². The van der Waals surface area contributed by atoms with Crippen LogP contribution in [-0.4, -0.2) is 57.8 Å². The molecule has 0 spiro atoms. The molecule has 29 heavy (non-hydrogen) atoms. The van der Waals surface area contributed by atoms with Gasteiger partial charge in [0.1, 0.15) is 0 Å². The van der Waals surface area contributed by atoms with Gasteiger partial charge >= 0.3 is 0 Å². The molecule has 2 aromatic rings. The summed E-state index contributed by atoms with van der Waals surface area (Å²) in [5.41, 5.74) is 2.31. The van der Waals surface area contributed by atoms with Crippen molar-refractivity contribution < 1.29 is 23.4 Å². The molecule has 3 heterocycles. The number of rotatable bonds is 3. The Morgan fingerprint density at radius 1 is 1.03 bits per heavy atom. The lowest BCUT2D eigenvalue weighted by atomic mass is 10.1. The van der Waals surface area contributed by atoms with E-state index in [-0.39, 0.29) is 12.7 Å². The quantitative estimate of drug-likeness (QED) is 0.800. The Labute approximate surface area is 170 Å². The van der Waals surface area contributed by atoms with Gasteiger partial charge in [0.05, 0.1) is 4.90 Å². The summed E-state index contributed by atoms with van der Waals surface area (Å²) in [6, 6.07) is 11.1. The molecule has 0 aliphatic carbocycles. The average Bonchev–Trinajstić information content (AvgIpc) is 3.32. The molecule has 2 N–H and O–H groups in total. The van der Waals surface area contributed by atoms with Gasteiger partial charge in [-0.2, -0.15) is 0 Å². The Morgan fingerprint density at radius 2 is 1.83 bits per heavy atom. The maximum atomic E-state index is 13.1. The highest BCUT2D eigenvalue weighted by atomic mass is 32.3. The van der Waals surface area contributed by atoms with Crippen LogP contribution in [0.15, 0.2) is 46.7 Å². The fourth-order valence-corrected chi connectivity index (χ4v) is 5.23. The summed E-state index contributed by atoms with van der Waals surface area (Å²) in [6.07, 6.45) is 1.65. The number of hydrogen-bond donors (Lipinski definition) is 2. The van der Waals surface area contributed by atoms with E-state index in [0.717, 1.165) is 36.7 Å². The molecule has 0 saturated carbocycles. The molecular weight excluding hydrogens is 392 g/mol.